The number of alkyl halides is 5. The van der Waals surface area contributed by atoms with Gasteiger partial charge in [-0.05, 0) is 88.1 Å². The molecule has 0 amide bonds. The number of rotatable bonds is 8. The molecule has 0 radical (unpaired) electrons. The van der Waals surface area contributed by atoms with Crippen LogP contribution in [0.5, 0.6) is 5.75 Å². The largest absolute Gasteiger partial charge is 0.490 e. The first kappa shape index (κ1) is 28.6. The molecule has 1 aliphatic carbocycles. The predicted molar refractivity (Wildman–Crippen MR) is 142 cm³/mol. The van der Waals surface area contributed by atoms with Crippen LogP contribution in [0, 0.1) is 11.8 Å². The summed E-state index contributed by atoms with van der Waals surface area (Å²) in [5.41, 5.74) is -0.0743. The van der Waals surface area contributed by atoms with Crippen molar-refractivity contribution < 1.29 is 31.4 Å². The molecule has 5 rings (SSSR count). The van der Waals surface area contributed by atoms with Crippen molar-refractivity contribution in [2.75, 3.05) is 13.2 Å². The second kappa shape index (κ2) is 11.5. The van der Waals surface area contributed by atoms with Crippen LogP contribution >= 0.6 is 0 Å². The minimum Gasteiger partial charge on any atom is -0.490 e. The highest BCUT2D eigenvalue weighted by Gasteiger charge is 2.42. The standard InChI is InChI=1S/C31H40F5NO2/c1-3-38-19-20-16-24-8-5-9-25(17-20)37(24)18-22-7-4-6-21-10-15-27(29(28(21)22)31(34,35)36)39-26-13-11-23(12-14-26)30(2,32)33/h4,6-7,10,15,20,23-26H,3,5,8-9,11-14,16-19H2,1-2H3. The highest BCUT2D eigenvalue weighted by Crippen LogP contribution is 2.46. The van der Waals surface area contributed by atoms with Crippen LogP contribution < -0.4 is 4.74 Å². The molecule has 2 bridgehead atoms. The normalized spacial score (nSPS) is 28.5. The first-order chi connectivity index (χ1) is 18.5. The monoisotopic (exact) mass is 553 g/mol. The predicted octanol–water partition coefficient (Wildman–Crippen LogP) is 8.62. The van der Waals surface area contributed by atoms with Gasteiger partial charge in [0, 0.05) is 43.1 Å². The summed E-state index contributed by atoms with van der Waals surface area (Å²) in [5.74, 6) is -3.22. The van der Waals surface area contributed by atoms with Gasteiger partial charge in [-0.2, -0.15) is 13.2 Å². The minimum atomic E-state index is -4.61. The Kier molecular flexibility index (Phi) is 8.44. The molecule has 0 N–H and O–H groups in total. The molecule has 2 aromatic carbocycles. The Morgan fingerprint density at radius 3 is 2.21 bits per heavy atom. The highest BCUT2D eigenvalue weighted by atomic mass is 19.4. The Morgan fingerprint density at radius 2 is 1.59 bits per heavy atom. The maximum atomic E-state index is 14.7. The molecule has 39 heavy (non-hydrogen) atoms. The van der Waals surface area contributed by atoms with Crippen LogP contribution in [0.4, 0.5) is 22.0 Å². The molecule has 3 aliphatic rings. The van der Waals surface area contributed by atoms with Gasteiger partial charge in [0.05, 0.1) is 6.10 Å². The van der Waals surface area contributed by atoms with Crippen LogP contribution in [0.2, 0.25) is 0 Å². The number of nitrogens with zero attached hydrogens (tertiary/aromatic N) is 1. The first-order valence-electron chi connectivity index (χ1n) is 14.5. The number of fused-ring (bicyclic) bond motifs is 3. The summed E-state index contributed by atoms with van der Waals surface area (Å²) in [6.07, 6.45) is 1.33. The van der Waals surface area contributed by atoms with E-state index in [1.165, 1.54) is 6.07 Å². The van der Waals surface area contributed by atoms with Crippen LogP contribution in [0.15, 0.2) is 30.3 Å². The number of benzene rings is 2. The van der Waals surface area contributed by atoms with Crippen molar-refractivity contribution in [3.8, 4) is 5.75 Å². The van der Waals surface area contributed by atoms with Crippen LogP contribution in [-0.4, -0.2) is 42.2 Å². The quantitative estimate of drug-likeness (QED) is 0.306. The number of halogens is 5. The Hall–Kier alpha value is -1.93. The lowest BCUT2D eigenvalue weighted by molar-refractivity contribution is -0.138. The first-order valence-corrected chi connectivity index (χ1v) is 14.5. The molecule has 2 atom stereocenters. The Morgan fingerprint density at radius 1 is 0.897 bits per heavy atom. The van der Waals surface area contributed by atoms with Crippen molar-refractivity contribution in [1.82, 2.24) is 4.90 Å². The van der Waals surface area contributed by atoms with Crippen LogP contribution in [0.3, 0.4) is 0 Å². The molecule has 0 spiro atoms. The van der Waals surface area contributed by atoms with E-state index >= 15 is 0 Å². The van der Waals surface area contributed by atoms with E-state index in [4.69, 9.17) is 9.47 Å². The molecular formula is C31H40F5NO2. The molecule has 2 heterocycles. The fraction of sp³-hybridized carbons (Fsp3) is 0.677. The van der Waals surface area contributed by atoms with Gasteiger partial charge in [0.1, 0.15) is 11.3 Å². The molecule has 2 saturated heterocycles. The van der Waals surface area contributed by atoms with Gasteiger partial charge in [0.2, 0.25) is 5.92 Å². The SMILES string of the molecule is CCOCC1CC2CCCC(C1)N2Cc1cccc2ccc(OC3CCC(C(C)(F)F)CC3)c(C(F)(F)F)c12. The summed E-state index contributed by atoms with van der Waals surface area (Å²) in [4.78, 5) is 2.43. The number of hydrogen-bond acceptors (Lipinski definition) is 3. The van der Waals surface area contributed by atoms with Gasteiger partial charge >= 0.3 is 6.18 Å². The zero-order valence-electron chi connectivity index (χ0n) is 22.9. The summed E-state index contributed by atoms with van der Waals surface area (Å²) < 4.78 is 83.3. The minimum absolute atomic E-state index is 0.190. The molecular weight excluding hydrogens is 513 g/mol. The molecule has 2 unspecified atom stereocenters. The lowest BCUT2D eigenvalue weighted by Crippen LogP contribution is -2.52. The lowest BCUT2D eigenvalue weighted by atomic mass is 9.78. The summed E-state index contributed by atoms with van der Waals surface area (Å²) in [5, 5.41) is 0.740. The topological polar surface area (TPSA) is 21.7 Å². The van der Waals surface area contributed by atoms with Crippen molar-refractivity contribution >= 4 is 10.8 Å². The summed E-state index contributed by atoms with van der Waals surface area (Å²) in [6.45, 7) is 4.84. The average molecular weight is 554 g/mol. The molecule has 3 nitrogen and oxygen atoms in total. The van der Waals surface area contributed by atoms with E-state index in [9.17, 15) is 22.0 Å². The summed E-state index contributed by atoms with van der Waals surface area (Å²) in [6, 6.07) is 9.17. The van der Waals surface area contributed by atoms with Gasteiger partial charge in [-0.25, -0.2) is 8.78 Å². The van der Waals surface area contributed by atoms with E-state index in [1.54, 1.807) is 12.1 Å². The lowest BCUT2D eigenvalue weighted by Gasteiger charge is -2.49. The number of hydrogen-bond donors (Lipinski definition) is 0. The fourth-order valence-electron chi connectivity index (χ4n) is 7.28. The van der Waals surface area contributed by atoms with Gasteiger partial charge in [0.15, 0.2) is 0 Å². The smallest absolute Gasteiger partial charge is 0.420 e. The van der Waals surface area contributed by atoms with Gasteiger partial charge in [-0.1, -0.05) is 30.7 Å². The van der Waals surface area contributed by atoms with Gasteiger partial charge < -0.3 is 9.47 Å². The van der Waals surface area contributed by atoms with Crippen LogP contribution in [0.1, 0.15) is 82.8 Å². The zero-order valence-corrected chi connectivity index (χ0v) is 22.9. The third kappa shape index (κ3) is 6.37. The fourth-order valence-corrected chi connectivity index (χ4v) is 7.28. The van der Waals surface area contributed by atoms with Crippen molar-refractivity contribution in [2.45, 2.75) is 108 Å². The molecule has 3 fully saturated rings. The van der Waals surface area contributed by atoms with E-state index in [1.807, 2.05) is 19.1 Å². The third-order valence-corrected chi connectivity index (χ3v) is 9.20. The molecule has 2 aliphatic heterocycles. The van der Waals surface area contributed by atoms with E-state index in [0.717, 1.165) is 45.6 Å². The van der Waals surface area contributed by atoms with Crippen molar-refractivity contribution in [3.05, 3.63) is 41.5 Å². The third-order valence-electron chi connectivity index (χ3n) is 9.20. The zero-order chi connectivity index (χ0) is 27.8. The number of piperidine rings is 2. The second-order valence-electron chi connectivity index (χ2n) is 11.9. The summed E-state index contributed by atoms with van der Waals surface area (Å²) >= 11 is 0. The molecule has 8 heteroatoms. The molecule has 2 aromatic rings. The molecule has 1 saturated carbocycles. The maximum Gasteiger partial charge on any atom is 0.420 e. The molecule has 216 valence electrons. The van der Waals surface area contributed by atoms with Crippen molar-refractivity contribution in [1.29, 1.82) is 0 Å². The van der Waals surface area contributed by atoms with Crippen molar-refractivity contribution in [2.24, 2.45) is 11.8 Å². The maximum absolute atomic E-state index is 14.7. The Balaban J connectivity index is 1.43. The Labute approximate surface area is 228 Å². The van der Waals surface area contributed by atoms with E-state index in [0.29, 0.717) is 54.9 Å². The van der Waals surface area contributed by atoms with E-state index in [2.05, 4.69) is 4.90 Å². The molecule has 0 aromatic heterocycles. The van der Waals surface area contributed by atoms with Gasteiger partial charge in [0.25, 0.3) is 0 Å². The average Bonchev–Trinajstić information content (AvgIpc) is 2.87. The van der Waals surface area contributed by atoms with Gasteiger partial charge in [-0.15, -0.1) is 0 Å². The van der Waals surface area contributed by atoms with Crippen molar-refractivity contribution in [3.63, 3.8) is 0 Å². The summed E-state index contributed by atoms with van der Waals surface area (Å²) in [7, 11) is 0. The second-order valence-corrected chi connectivity index (χ2v) is 11.9. The van der Waals surface area contributed by atoms with Gasteiger partial charge in [-0.3, -0.25) is 4.90 Å². The Bertz CT molecular complexity index is 1110. The van der Waals surface area contributed by atoms with Crippen LogP contribution in [0.25, 0.3) is 10.8 Å². The van der Waals surface area contributed by atoms with E-state index in [-0.39, 0.29) is 24.0 Å². The highest BCUT2D eigenvalue weighted by molar-refractivity contribution is 5.91. The van der Waals surface area contributed by atoms with E-state index < -0.39 is 29.7 Å². The van der Waals surface area contributed by atoms with Crippen LogP contribution in [-0.2, 0) is 17.5 Å². The number of ether oxygens (including phenoxy) is 2.